The van der Waals surface area contributed by atoms with Crippen LogP contribution >= 0.6 is 23.1 Å². The number of fused-ring (bicyclic) bond motifs is 1. The van der Waals surface area contributed by atoms with Crippen molar-refractivity contribution in [2.45, 2.75) is 17.5 Å². The lowest BCUT2D eigenvalue weighted by Crippen LogP contribution is -2.23. The van der Waals surface area contributed by atoms with Crippen LogP contribution in [0.3, 0.4) is 0 Å². The fourth-order valence-corrected chi connectivity index (χ4v) is 4.61. The zero-order valence-corrected chi connectivity index (χ0v) is 16.7. The van der Waals surface area contributed by atoms with Gasteiger partial charge < -0.3 is 4.74 Å². The van der Waals surface area contributed by atoms with Gasteiger partial charge in [-0.3, -0.25) is 9.36 Å². The molecule has 7 heteroatoms. The van der Waals surface area contributed by atoms with Gasteiger partial charge in [-0.25, -0.2) is 9.37 Å². The van der Waals surface area contributed by atoms with Crippen molar-refractivity contribution >= 4 is 33.3 Å². The average Bonchev–Trinajstić information content (AvgIpc) is 3.19. The van der Waals surface area contributed by atoms with E-state index >= 15 is 0 Å². The molecule has 0 aliphatic heterocycles. The maximum absolute atomic E-state index is 14.0. The molecule has 4 aromatic rings. The number of methoxy groups -OCH3 is 1. The van der Waals surface area contributed by atoms with Crippen LogP contribution in [0.2, 0.25) is 0 Å². The van der Waals surface area contributed by atoms with Crippen molar-refractivity contribution in [1.29, 1.82) is 0 Å². The van der Waals surface area contributed by atoms with Gasteiger partial charge in [0.15, 0.2) is 5.16 Å². The van der Waals surface area contributed by atoms with E-state index in [1.165, 1.54) is 29.2 Å². The van der Waals surface area contributed by atoms with Crippen molar-refractivity contribution in [3.05, 3.63) is 87.3 Å². The molecule has 0 aliphatic carbocycles. The number of thiophene rings is 1. The molecule has 4 nitrogen and oxygen atoms in total. The van der Waals surface area contributed by atoms with Gasteiger partial charge >= 0.3 is 0 Å². The SMILES string of the molecule is COc1ccc(Cn2c(SCc3ccccc3F)nc3ccsc3c2=O)cc1. The first-order valence-electron chi connectivity index (χ1n) is 8.63. The summed E-state index contributed by atoms with van der Waals surface area (Å²) in [5.74, 6) is 0.907. The van der Waals surface area contributed by atoms with E-state index in [2.05, 4.69) is 4.98 Å². The maximum Gasteiger partial charge on any atom is 0.272 e. The summed E-state index contributed by atoms with van der Waals surface area (Å²) in [4.78, 5) is 17.7. The summed E-state index contributed by atoms with van der Waals surface area (Å²) in [6.07, 6.45) is 0. The van der Waals surface area contributed by atoms with E-state index in [0.29, 0.717) is 33.2 Å². The molecule has 2 aromatic carbocycles. The summed E-state index contributed by atoms with van der Waals surface area (Å²) >= 11 is 2.75. The average molecular weight is 413 g/mol. The molecular weight excluding hydrogens is 395 g/mol. The van der Waals surface area contributed by atoms with E-state index in [4.69, 9.17) is 4.74 Å². The molecule has 0 N–H and O–H groups in total. The number of benzene rings is 2. The Morgan fingerprint density at radius 3 is 2.68 bits per heavy atom. The molecule has 0 spiro atoms. The number of thioether (sulfide) groups is 1. The van der Waals surface area contributed by atoms with Gasteiger partial charge in [0, 0.05) is 5.75 Å². The van der Waals surface area contributed by atoms with Crippen LogP contribution in [0.4, 0.5) is 4.39 Å². The molecule has 2 aromatic heterocycles. The summed E-state index contributed by atoms with van der Waals surface area (Å²) in [7, 11) is 1.62. The minimum absolute atomic E-state index is 0.0770. The minimum Gasteiger partial charge on any atom is -0.497 e. The van der Waals surface area contributed by atoms with Crippen LogP contribution in [0.1, 0.15) is 11.1 Å². The third kappa shape index (κ3) is 3.81. The molecule has 0 atom stereocenters. The molecule has 0 unspecified atom stereocenters. The molecule has 28 heavy (non-hydrogen) atoms. The van der Waals surface area contributed by atoms with Gasteiger partial charge in [-0.05, 0) is 40.8 Å². The largest absolute Gasteiger partial charge is 0.497 e. The highest BCUT2D eigenvalue weighted by atomic mass is 32.2. The Kier molecular flexibility index (Phi) is 5.45. The lowest BCUT2D eigenvalue weighted by Gasteiger charge is -2.13. The predicted molar refractivity (Wildman–Crippen MR) is 112 cm³/mol. The van der Waals surface area contributed by atoms with Crippen LogP contribution in [0.15, 0.2) is 69.9 Å². The molecule has 0 radical (unpaired) electrons. The van der Waals surface area contributed by atoms with E-state index in [0.717, 1.165) is 11.3 Å². The van der Waals surface area contributed by atoms with Crippen molar-refractivity contribution in [2.75, 3.05) is 7.11 Å². The summed E-state index contributed by atoms with van der Waals surface area (Å²) in [5.41, 5.74) is 2.15. The van der Waals surface area contributed by atoms with E-state index in [9.17, 15) is 9.18 Å². The quantitative estimate of drug-likeness (QED) is 0.332. The van der Waals surface area contributed by atoms with Crippen LogP contribution in [0.5, 0.6) is 5.75 Å². The Morgan fingerprint density at radius 2 is 1.93 bits per heavy atom. The lowest BCUT2D eigenvalue weighted by molar-refractivity contribution is 0.414. The molecule has 0 fully saturated rings. The summed E-state index contributed by atoms with van der Waals surface area (Å²) in [5, 5.41) is 2.44. The highest BCUT2D eigenvalue weighted by Crippen LogP contribution is 2.25. The normalized spacial score (nSPS) is 11.1. The fourth-order valence-electron chi connectivity index (χ4n) is 2.84. The predicted octanol–water partition coefficient (Wildman–Crippen LogP) is 4.95. The summed E-state index contributed by atoms with van der Waals surface area (Å²) in [6, 6.07) is 16.1. The highest BCUT2D eigenvalue weighted by molar-refractivity contribution is 7.98. The van der Waals surface area contributed by atoms with Crippen molar-refractivity contribution in [2.24, 2.45) is 0 Å². The summed E-state index contributed by atoms with van der Waals surface area (Å²) < 4.78 is 21.5. The van der Waals surface area contributed by atoms with Crippen molar-refractivity contribution in [1.82, 2.24) is 9.55 Å². The minimum atomic E-state index is -0.254. The third-order valence-electron chi connectivity index (χ3n) is 4.35. The number of hydrogen-bond acceptors (Lipinski definition) is 5. The van der Waals surface area contributed by atoms with Gasteiger partial charge in [0.25, 0.3) is 5.56 Å². The number of rotatable bonds is 6. The van der Waals surface area contributed by atoms with Crippen LogP contribution in [0, 0.1) is 5.82 Å². The first kappa shape index (κ1) is 18.7. The Balaban J connectivity index is 1.70. The highest BCUT2D eigenvalue weighted by Gasteiger charge is 2.14. The van der Waals surface area contributed by atoms with Gasteiger partial charge in [-0.2, -0.15) is 0 Å². The van der Waals surface area contributed by atoms with Gasteiger partial charge in [0.05, 0.1) is 19.2 Å². The van der Waals surface area contributed by atoms with Crippen LogP contribution in [0.25, 0.3) is 10.2 Å². The number of nitrogens with zero attached hydrogens (tertiary/aromatic N) is 2. The summed E-state index contributed by atoms with van der Waals surface area (Å²) in [6.45, 7) is 0.392. The van der Waals surface area contributed by atoms with Gasteiger partial charge in [0.1, 0.15) is 16.3 Å². The molecule has 0 saturated heterocycles. The molecule has 0 aliphatic rings. The molecule has 0 amide bonds. The van der Waals surface area contributed by atoms with Gasteiger partial charge in [-0.15, -0.1) is 11.3 Å². The Morgan fingerprint density at radius 1 is 1.14 bits per heavy atom. The van der Waals surface area contributed by atoms with Crippen molar-refractivity contribution in [3.8, 4) is 5.75 Å². The first-order valence-corrected chi connectivity index (χ1v) is 10.5. The third-order valence-corrected chi connectivity index (χ3v) is 6.26. The topological polar surface area (TPSA) is 44.1 Å². The second kappa shape index (κ2) is 8.16. The fraction of sp³-hybridized carbons (Fsp3) is 0.143. The van der Waals surface area contributed by atoms with Crippen LogP contribution < -0.4 is 10.3 Å². The number of halogens is 1. The van der Waals surface area contributed by atoms with E-state index in [1.54, 1.807) is 29.9 Å². The smallest absolute Gasteiger partial charge is 0.272 e. The van der Waals surface area contributed by atoms with E-state index in [1.807, 2.05) is 35.7 Å². The molecule has 0 bridgehead atoms. The van der Waals surface area contributed by atoms with E-state index in [-0.39, 0.29) is 11.4 Å². The lowest BCUT2D eigenvalue weighted by atomic mass is 10.2. The zero-order valence-electron chi connectivity index (χ0n) is 15.1. The molecular formula is C21H17FN2O2S2. The van der Waals surface area contributed by atoms with Crippen molar-refractivity contribution in [3.63, 3.8) is 0 Å². The standard InChI is InChI=1S/C21H17FN2O2S2/c1-26-16-8-6-14(7-9-16)12-24-20(25)19-18(10-11-27-19)23-21(24)28-13-15-4-2-3-5-17(15)22/h2-11H,12-13H2,1H3. The van der Waals surface area contributed by atoms with E-state index < -0.39 is 0 Å². The van der Waals surface area contributed by atoms with Crippen LogP contribution in [-0.2, 0) is 12.3 Å². The molecule has 142 valence electrons. The second-order valence-electron chi connectivity index (χ2n) is 6.15. The Bertz CT molecular complexity index is 1170. The molecule has 4 rings (SSSR count). The monoisotopic (exact) mass is 412 g/mol. The number of hydrogen-bond donors (Lipinski definition) is 0. The number of aromatic nitrogens is 2. The second-order valence-corrected chi connectivity index (χ2v) is 8.01. The van der Waals surface area contributed by atoms with Gasteiger partial charge in [-0.1, -0.05) is 42.1 Å². The first-order chi connectivity index (χ1) is 13.7. The van der Waals surface area contributed by atoms with Crippen molar-refractivity contribution < 1.29 is 9.13 Å². The zero-order chi connectivity index (χ0) is 19.5. The maximum atomic E-state index is 14.0. The van der Waals surface area contributed by atoms with Gasteiger partial charge in [0.2, 0.25) is 0 Å². The molecule has 2 heterocycles. The molecule has 0 saturated carbocycles. The Labute approximate surface area is 169 Å². The van der Waals surface area contributed by atoms with Crippen LogP contribution in [-0.4, -0.2) is 16.7 Å². The Hall–Kier alpha value is -2.64. The number of ether oxygens (including phenoxy) is 1.